The largest absolute Gasteiger partial charge is 0.310 e. The number of hydrogen-bond donors (Lipinski definition) is 0. The number of hydrogen-bond acceptors (Lipinski definition) is 1. The summed E-state index contributed by atoms with van der Waals surface area (Å²) in [4.78, 5) is 2.43. The molecule has 1 heterocycles. The molecule has 2 nitrogen and oxygen atoms in total. The Labute approximate surface area is 332 Å². The maximum atomic E-state index is 2.55. The van der Waals surface area contributed by atoms with Gasteiger partial charge in [0.1, 0.15) is 0 Å². The van der Waals surface area contributed by atoms with Crippen LogP contribution >= 0.6 is 0 Å². The molecule has 0 unspecified atom stereocenters. The summed E-state index contributed by atoms with van der Waals surface area (Å²) in [6.07, 6.45) is 0. The average molecular weight is 727 g/mol. The Morgan fingerprint density at radius 1 is 0.368 bits per heavy atom. The predicted octanol–water partition coefficient (Wildman–Crippen LogP) is 14.4. The number of aromatic nitrogens is 1. The molecule has 268 valence electrons. The van der Waals surface area contributed by atoms with Gasteiger partial charge in [0.15, 0.2) is 0 Å². The van der Waals surface area contributed by atoms with Crippen molar-refractivity contribution >= 4 is 49.6 Å². The van der Waals surface area contributed by atoms with Crippen LogP contribution in [-0.4, -0.2) is 4.57 Å². The first-order chi connectivity index (χ1) is 28.1. The van der Waals surface area contributed by atoms with Crippen molar-refractivity contribution in [2.75, 3.05) is 4.90 Å². The van der Waals surface area contributed by atoms with Gasteiger partial charge in [-0.15, -0.1) is 0 Å². The highest BCUT2D eigenvalue weighted by molar-refractivity contribution is 6.14. The smallest absolute Gasteiger partial charge is 0.0727 e. The van der Waals surface area contributed by atoms with Crippen LogP contribution in [0.15, 0.2) is 194 Å². The first kappa shape index (κ1) is 32.1. The lowest BCUT2D eigenvalue weighted by Gasteiger charge is -2.32. The lowest BCUT2D eigenvalue weighted by molar-refractivity contribution is 0.793. The van der Waals surface area contributed by atoms with E-state index in [0.29, 0.717) is 0 Å². The fourth-order valence-corrected chi connectivity index (χ4v) is 10.4. The van der Waals surface area contributed by atoms with Gasteiger partial charge >= 0.3 is 0 Å². The van der Waals surface area contributed by atoms with E-state index in [2.05, 4.69) is 217 Å². The molecule has 2 aliphatic rings. The zero-order valence-corrected chi connectivity index (χ0v) is 31.9. The summed E-state index contributed by atoms with van der Waals surface area (Å²) in [7, 11) is 0. The molecule has 57 heavy (non-hydrogen) atoms. The van der Waals surface area contributed by atoms with E-state index < -0.39 is 5.41 Å². The van der Waals surface area contributed by atoms with E-state index in [-0.39, 0.29) is 0 Å². The van der Waals surface area contributed by atoms with E-state index in [1.807, 2.05) is 0 Å². The van der Waals surface area contributed by atoms with Crippen molar-refractivity contribution < 1.29 is 0 Å². The van der Waals surface area contributed by atoms with Crippen molar-refractivity contribution in [2.24, 2.45) is 0 Å². The van der Waals surface area contributed by atoms with Gasteiger partial charge in [-0.25, -0.2) is 0 Å². The van der Waals surface area contributed by atoms with Crippen molar-refractivity contribution in [1.82, 2.24) is 4.57 Å². The van der Waals surface area contributed by atoms with Crippen molar-refractivity contribution in [3.8, 4) is 27.9 Å². The van der Waals surface area contributed by atoms with Gasteiger partial charge in [0, 0.05) is 33.2 Å². The Morgan fingerprint density at radius 3 is 1.60 bits per heavy atom. The summed E-state index contributed by atoms with van der Waals surface area (Å²) < 4.78 is 2.51. The number of aryl methyl sites for hydroxylation is 2. The third kappa shape index (κ3) is 4.36. The third-order valence-electron chi connectivity index (χ3n) is 12.7. The molecular weight excluding hydrogens is 689 g/mol. The van der Waals surface area contributed by atoms with Crippen LogP contribution in [0.4, 0.5) is 17.1 Å². The quantitative estimate of drug-likeness (QED) is 0.175. The molecule has 2 aliphatic carbocycles. The van der Waals surface area contributed by atoms with Crippen molar-refractivity contribution in [2.45, 2.75) is 19.3 Å². The molecule has 10 aromatic rings. The Bertz CT molecular complexity index is 3170. The summed E-state index contributed by atoms with van der Waals surface area (Å²) in [5.74, 6) is 0. The highest BCUT2D eigenvalue weighted by Crippen LogP contribution is 2.65. The second-order valence-corrected chi connectivity index (χ2v) is 15.8. The predicted molar refractivity (Wildman–Crippen MR) is 239 cm³/mol. The molecular formula is C55H38N2. The molecule has 0 saturated carbocycles. The Kier molecular flexibility index (Phi) is 6.72. The maximum absolute atomic E-state index is 2.55. The summed E-state index contributed by atoms with van der Waals surface area (Å²) in [5.41, 5.74) is 19.6. The normalized spacial score (nSPS) is 13.2. The van der Waals surface area contributed by atoms with Gasteiger partial charge in [-0.3, -0.25) is 0 Å². The highest BCUT2D eigenvalue weighted by Gasteiger charge is 2.52. The van der Waals surface area contributed by atoms with Crippen LogP contribution in [0.5, 0.6) is 0 Å². The minimum absolute atomic E-state index is 0.545. The lowest BCUT2D eigenvalue weighted by Crippen LogP contribution is -2.26. The van der Waals surface area contributed by atoms with Crippen LogP contribution < -0.4 is 4.90 Å². The molecule has 0 saturated heterocycles. The number of benzene rings is 9. The van der Waals surface area contributed by atoms with Crippen LogP contribution in [-0.2, 0) is 5.41 Å². The molecule has 0 atom stereocenters. The third-order valence-corrected chi connectivity index (χ3v) is 12.7. The van der Waals surface area contributed by atoms with Gasteiger partial charge in [-0.05, 0) is 124 Å². The SMILES string of the molecule is Cc1ccc(N(c2cccc(C)c2)c2ccc3c(c2)C2(c4ccccc4-c4ccccc42)c2cc(-n4c5ccccc5c5ccccc54)c4ccccc4c2-3)cc1. The molecule has 0 amide bonds. The second-order valence-electron chi connectivity index (χ2n) is 15.8. The summed E-state index contributed by atoms with van der Waals surface area (Å²) >= 11 is 0. The maximum Gasteiger partial charge on any atom is 0.0727 e. The van der Waals surface area contributed by atoms with E-state index >= 15 is 0 Å². The molecule has 0 radical (unpaired) electrons. The molecule has 2 heteroatoms. The van der Waals surface area contributed by atoms with Crippen molar-refractivity contribution in [1.29, 1.82) is 0 Å². The fraction of sp³-hybridized carbons (Fsp3) is 0.0545. The summed E-state index contributed by atoms with van der Waals surface area (Å²) in [5, 5.41) is 5.05. The Balaban J connectivity index is 1.23. The van der Waals surface area contributed by atoms with Crippen LogP contribution in [0.25, 0.3) is 60.5 Å². The van der Waals surface area contributed by atoms with E-state index in [0.717, 1.165) is 17.1 Å². The van der Waals surface area contributed by atoms with Gasteiger partial charge in [0.2, 0.25) is 0 Å². The fourth-order valence-electron chi connectivity index (χ4n) is 10.4. The minimum Gasteiger partial charge on any atom is -0.310 e. The first-order valence-electron chi connectivity index (χ1n) is 19.9. The van der Waals surface area contributed by atoms with E-state index in [1.54, 1.807) is 0 Å². The molecule has 0 fully saturated rings. The molecule has 12 rings (SSSR count). The first-order valence-corrected chi connectivity index (χ1v) is 19.9. The molecule has 0 aliphatic heterocycles. The Morgan fingerprint density at radius 2 is 0.930 bits per heavy atom. The molecule has 0 bridgehead atoms. The van der Waals surface area contributed by atoms with E-state index in [9.17, 15) is 0 Å². The van der Waals surface area contributed by atoms with Gasteiger partial charge in [-0.1, -0.05) is 145 Å². The zero-order chi connectivity index (χ0) is 37.8. The van der Waals surface area contributed by atoms with Crippen LogP contribution in [0.1, 0.15) is 33.4 Å². The van der Waals surface area contributed by atoms with Crippen molar-refractivity contribution in [3.05, 3.63) is 228 Å². The topological polar surface area (TPSA) is 8.17 Å². The highest BCUT2D eigenvalue weighted by atomic mass is 15.1. The van der Waals surface area contributed by atoms with Crippen LogP contribution in [0, 0.1) is 13.8 Å². The Hall–Kier alpha value is -7.16. The van der Waals surface area contributed by atoms with E-state index in [1.165, 1.54) is 93.9 Å². The number of para-hydroxylation sites is 2. The number of fused-ring (bicyclic) bond motifs is 15. The van der Waals surface area contributed by atoms with Gasteiger partial charge in [0.05, 0.1) is 22.1 Å². The standard InChI is InChI=1S/C55H38N2/c1-35-26-28-37(29-27-35)56(38-15-13-14-36(2)32-38)39-30-31-46-49(33-39)55(47-22-9-5-16-40(47)41-17-6-10-23-48(41)55)50-34-53(44-20-3-4-21-45(44)54(46)50)57-51-24-11-7-18-42(51)43-19-8-12-25-52(43)57/h3-34H,1-2H3. The minimum atomic E-state index is -0.545. The van der Waals surface area contributed by atoms with Gasteiger partial charge in [0.25, 0.3) is 0 Å². The number of anilines is 3. The van der Waals surface area contributed by atoms with Gasteiger partial charge < -0.3 is 9.47 Å². The zero-order valence-electron chi connectivity index (χ0n) is 31.9. The van der Waals surface area contributed by atoms with Crippen LogP contribution in [0.3, 0.4) is 0 Å². The molecule has 1 aromatic heterocycles. The molecule has 9 aromatic carbocycles. The average Bonchev–Trinajstić information content (AvgIpc) is 3.86. The molecule has 1 spiro atoms. The summed E-state index contributed by atoms with van der Waals surface area (Å²) in [6.45, 7) is 4.33. The van der Waals surface area contributed by atoms with Crippen molar-refractivity contribution in [3.63, 3.8) is 0 Å². The van der Waals surface area contributed by atoms with Crippen LogP contribution in [0.2, 0.25) is 0 Å². The second kappa shape index (κ2) is 11.9. The van der Waals surface area contributed by atoms with Gasteiger partial charge in [-0.2, -0.15) is 0 Å². The number of rotatable bonds is 4. The summed E-state index contributed by atoms with van der Waals surface area (Å²) in [6, 6.07) is 72.7. The monoisotopic (exact) mass is 726 g/mol. The van der Waals surface area contributed by atoms with E-state index in [4.69, 9.17) is 0 Å². The number of nitrogens with zero attached hydrogens (tertiary/aromatic N) is 2. The lowest BCUT2D eigenvalue weighted by atomic mass is 9.70. The molecule has 0 N–H and O–H groups in total.